The molecule has 1 atom stereocenters. The third-order valence-corrected chi connectivity index (χ3v) is 5.20. The Morgan fingerprint density at radius 1 is 1.19 bits per heavy atom. The molecule has 0 bridgehead atoms. The first kappa shape index (κ1) is 20.5. The number of hydrogen-bond donors (Lipinski definition) is 2. The van der Waals surface area contributed by atoms with Crippen LogP contribution in [0.5, 0.6) is 17.2 Å². The molecule has 0 spiro atoms. The van der Waals surface area contributed by atoms with Crippen molar-refractivity contribution in [3.8, 4) is 17.2 Å². The third kappa shape index (κ3) is 3.60. The summed E-state index contributed by atoms with van der Waals surface area (Å²) in [5, 5.41) is 9.82. The van der Waals surface area contributed by atoms with E-state index in [4.69, 9.17) is 14.2 Å². The number of nitrogens with zero attached hydrogens (tertiary/aromatic N) is 2. The number of carbonyl (C=O) groups excluding carboxylic acids is 2. The van der Waals surface area contributed by atoms with Crippen LogP contribution < -0.4 is 24.4 Å². The van der Waals surface area contributed by atoms with Crippen LogP contribution in [0.25, 0.3) is 10.9 Å². The zero-order chi connectivity index (χ0) is 22.1. The van der Waals surface area contributed by atoms with Crippen LogP contribution in [-0.2, 0) is 9.59 Å². The Hall–Kier alpha value is -3.82. The van der Waals surface area contributed by atoms with E-state index in [0.717, 1.165) is 0 Å². The van der Waals surface area contributed by atoms with Gasteiger partial charge in [0, 0.05) is 30.8 Å². The number of ether oxygens (including phenoxy) is 3. The Morgan fingerprint density at radius 3 is 2.55 bits per heavy atom. The van der Waals surface area contributed by atoms with E-state index in [2.05, 4.69) is 15.5 Å². The van der Waals surface area contributed by atoms with Crippen molar-refractivity contribution in [3.05, 3.63) is 36.1 Å². The number of aromatic nitrogens is 2. The molecule has 2 aromatic carbocycles. The van der Waals surface area contributed by atoms with Crippen molar-refractivity contribution in [1.29, 1.82) is 0 Å². The number of rotatable bonds is 6. The molecule has 10 heteroatoms. The van der Waals surface area contributed by atoms with Gasteiger partial charge in [-0.25, -0.2) is 4.39 Å². The zero-order valence-corrected chi connectivity index (χ0v) is 17.2. The molecule has 0 radical (unpaired) electrons. The van der Waals surface area contributed by atoms with Crippen LogP contribution in [0.3, 0.4) is 0 Å². The molecule has 2 heterocycles. The molecule has 0 saturated carbocycles. The molecular formula is C21H21FN4O5. The van der Waals surface area contributed by atoms with Gasteiger partial charge < -0.3 is 19.5 Å². The van der Waals surface area contributed by atoms with Crippen molar-refractivity contribution in [1.82, 2.24) is 10.2 Å². The van der Waals surface area contributed by atoms with Crippen LogP contribution in [0.15, 0.2) is 30.3 Å². The third-order valence-electron chi connectivity index (χ3n) is 5.20. The zero-order valence-electron chi connectivity index (χ0n) is 17.2. The van der Waals surface area contributed by atoms with Crippen molar-refractivity contribution in [2.45, 2.75) is 6.42 Å². The number of nitrogens with one attached hydrogen (secondary N) is 2. The second kappa shape index (κ2) is 8.13. The summed E-state index contributed by atoms with van der Waals surface area (Å²) in [4.78, 5) is 26.8. The highest BCUT2D eigenvalue weighted by Gasteiger charge is 2.37. The number of carbonyl (C=O) groups is 2. The fourth-order valence-corrected chi connectivity index (χ4v) is 3.69. The minimum atomic E-state index is -0.634. The topological polar surface area (TPSA) is 106 Å². The number of benzene rings is 2. The first-order valence-electron chi connectivity index (χ1n) is 9.50. The van der Waals surface area contributed by atoms with E-state index < -0.39 is 11.7 Å². The second-order valence-electron chi connectivity index (χ2n) is 7.02. The van der Waals surface area contributed by atoms with Crippen molar-refractivity contribution >= 4 is 34.2 Å². The lowest BCUT2D eigenvalue weighted by molar-refractivity contribution is -0.122. The number of aromatic amines is 1. The minimum Gasteiger partial charge on any atom is -0.493 e. The van der Waals surface area contributed by atoms with Gasteiger partial charge in [0.05, 0.1) is 38.2 Å². The van der Waals surface area contributed by atoms with Crippen molar-refractivity contribution < 1.29 is 28.2 Å². The summed E-state index contributed by atoms with van der Waals surface area (Å²) in [5.74, 6) is -0.421. The number of halogens is 1. The SMILES string of the molecule is COc1cc(NC(=O)C2CC(=O)N(c3n[nH]c4cccc(F)c34)C2)cc(OC)c1OC. The van der Waals surface area contributed by atoms with Crippen LogP contribution in [0, 0.1) is 11.7 Å². The Morgan fingerprint density at radius 2 is 1.90 bits per heavy atom. The molecule has 1 aliphatic heterocycles. The molecule has 2 amide bonds. The Labute approximate surface area is 177 Å². The minimum absolute atomic E-state index is 0.0148. The van der Waals surface area contributed by atoms with E-state index in [1.807, 2.05) is 0 Å². The van der Waals surface area contributed by atoms with Gasteiger partial charge in [0.15, 0.2) is 17.3 Å². The molecule has 1 aromatic heterocycles. The predicted molar refractivity (Wildman–Crippen MR) is 111 cm³/mol. The van der Waals surface area contributed by atoms with Crippen LogP contribution >= 0.6 is 0 Å². The molecule has 162 valence electrons. The van der Waals surface area contributed by atoms with Crippen molar-refractivity contribution in [2.75, 3.05) is 38.1 Å². The van der Waals surface area contributed by atoms with Gasteiger partial charge in [-0.15, -0.1) is 0 Å². The fourth-order valence-electron chi connectivity index (χ4n) is 3.69. The van der Waals surface area contributed by atoms with Crippen molar-refractivity contribution in [3.63, 3.8) is 0 Å². The monoisotopic (exact) mass is 428 g/mol. The molecule has 2 N–H and O–H groups in total. The maximum absolute atomic E-state index is 14.3. The lowest BCUT2D eigenvalue weighted by Crippen LogP contribution is -2.28. The highest BCUT2D eigenvalue weighted by Crippen LogP contribution is 2.40. The van der Waals surface area contributed by atoms with Gasteiger partial charge in [-0.05, 0) is 12.1 Å². The normalized spacial score (nSPS) is 15.9. The smallest absolute Gasteiger partial charge is 0.229 e. The molecule has 1 fully saturated rings. The van der Waals surface area contributed by atoms with Crippen LogP contribution in [0.4, 0.5) is 15.9 Å². The largest absolute Gasteiger partial charge is 0.493 e. The Kier molecular flexibility index (Phi) is 5.37. The van der Waals surface area contributed by atoms with E-state index in [9.17, 15) is 14.0 Å². The lowest BCUT2D eigenvalue weighted by Gasteiger charge is -2.16. The first-order chi connectivity index (χ1) is 15.0. The number of fused-ring (bicyclic) bond motifs is 1. The number of H-pyrrole nitrogens is 1. The number of methoxy groups -OCH3 is 3. The molecule has 3 aromatic rings. The standard InChI is InChI=1S/C21H21FN4O5/c1-29-15-8-12(9-16(30-2)19(15)31-3)23-21(28)11-7-17(27)26(10-11)20-18-13(22)5-4-6-14(18)24-25-20/h4-6,8-9,11H,7,10H2,1-3H3,(H,23,28)(H,24,25). The molecule has 1 unspecified atom stereocenters. The van der Waals surface area contributed by atoms with E-state index in [-0.39, 0.29) is 36.0 Å². The van der Waals surface area contributed by atoms with E-state index in [0.29, 0.717) is 28.5 Å². The fraction of sp³-hybridized carbons (Fsp3) is 0.286. The number of hydrogen-bond acceptors (Lipinski definition) is 6. The van der Waals surface area contributed by atoms with Gasteiger partial charge in [-0.2, -0.15) is 5.10 Å². The van der Waals surface area contributed by atoms with Crippen LogP contribution in [0.1, 0.15) is 6.42 Å². The quantitative estimate of drug-likeness (QED) is 0.625. The predicted octanol–water partition coefficient (Wildman–Crippen LogP) is 2.72. The van der Waals surface area contributed by atoms with Gasteiger partial charge in [-0.3, -0.25) is 19.6 Å². The second-order valence-corrected chi connectivity index (χ2v) is 7.02. The molecule has 1 aliphatic rings. The lowest BCUT2D eigenvalue weighted by atomic mass is 10.1. The average molecular weight is 428 g/mol. The summed E-state index contributed by atoms with van der Waals surface area (Å²) < 4.78 is 30.2. The first-order valence-corrected chi connectivity index (χ1v) is 9.50. The molecular weight excluding hydrogens is 407 g/mol. The summed E-state index contributed by atoms with van der Waals surface area (Å²) in [7, 11) is 4.44. The molecule has 1 saturated heterocycles. The summed E-state index contributed by atoms with van der Waals surface area (Å²) in [6.07, 6.45) is -0.0148. The van der Waals surface area contributed by atoms with Gasteiger partial charge in [-0.1, -0.05) is 6.07 Å². The molecule has 9 nitrogen and oxygen atoms in total. The van der Waals surface area contributed by atoms with Crippen LogP contribution in [-0.4, -0.2) is 49.9 Å². The molecule has 0 aliphatic carbocycles. The Bertz CT molecular complexity index is 1140. The number of amides is 2. The maximum atomic E-state index is 14.3. The highest BCUT2D eigenvalue weighted by atomic mass is 19.1. The average Bonchev–Trinajstić information content (AvgIpc) is 3.37. The molecule has 31 heavy (non-hydrogen) atoms. The van der Waals surface area contributed by atoms with E-state index in [1.165, 1.54) is 32.3 Å². The highest BCUT2D eigenvalue weighted by molar-refractivity contribution is 6.07. The molecule has 4 rings (SSSR count). The van der Waals surface area contributed by atoms with Gasteiger partial charge in [0.1, 0.15) is 5.82 Å². The summed E-state index contributed by atoms with van der Waals surface area (Å²) >= 11 is 0. The van der Waals surface area contributed by atoms with E-state index >= 15 is 0 Å². The van der Waals surface area contributed by atoms with Crippen LogP contribution in [0.2, 0.25) is 0 Å². The maximum Gasteiger partial charge on any atom is 0.229 e. The Balaban J connectivity index is 1.55. The van der Waals surface area contributed by atoms with Crippen molar-refractivity contribution in [2.24, 2.45) is 5.92 Å². The summed E-state index contributed by atoms with van der Waals surface area (Å²) in [6, 6.07) is 7.73. The van der Waals surface area contributed by atoms with Gasteiger partial charge >= 0.3 is 0 Å². The van der Waals surface area contributed by atoms with E-state index in [1.54, 1.807) is 24.3 Å². The summed E-state index contributed by atoms with van der Waals surface area (Å²) in [6.45, 7) is 0.0867. The number of anilines is 2. The van der Waals surface area contributed by atoms with Gasteiger partial charge in [0.25, 0.3) is 0 Å². The summed E-state index contributed by atoms with van der Waals surface area (Å²) in [5.41, 5.74) is 0.912. The van der Waals surface area contributed by atoms with Gasteiger partial charge in [0.2, 0.25) is 17.6 Å².